The van der Waals surface area contributed by atoms with Gasteiger partial charge in [-0.2, -0.15) is 0 Å². The van der Waals surface area contributed by atoms with Crippen molar-refractivity contribution in [1.82, 2.24) is 9.80 Å². The van der Waals surface area contributed by atoms with Gasteiger partial charge in [0.25, 0.3) is 0 Å². The molecule has 20 heavy (non-hydrogen) atoms. The molecule has 0 aromatic carbocycles. The second-order valence-electron chi connectivity index (χ2n) is 5.93. The highest BCUT2D eigenvalue weighted by molar-refractivity contribution is 5.76. The van der Waals surface area contributed by atoms with E-state index < -0.39 is 0 Å². The predicted molar refractivity (Wildman–Crippen MR) is 79.5 cm³/mol. The first-order valence-corrected chi connectivity index (χ1v) is 8.08. The van der Waals surface area contributed by atoms with Crippen LogP contribution in [0.1, 0.15) is 39.0 Å². The highest BCUT2D eigenvalue weighted by Crippen LogP contribution is 2.17. The molecule has 0 saturated carbocycles. The van der Waals surface area contributed by atoms with E-state index in [1.165, 1.54) is 6.42 Å². The third-order valence-corrected chi connectivity index (χ3v) is 4.50. The average molecular weight is 283 g/mol. The summed E-state index contributed by atoms with van der Waals surface area (Å²) < 4.78 is 5.55. The number of amides is 1. The van der Waals surface area contributed by atoms with E-state index in [1.807, 2.05) is 4.90 Å². The monoisotopic (exact) mass is 283 g/mol. The third kappa shape index (κ3) is 4.17. The van der Waals surface area contributed by atoms with Gasteiger partial charge in [0, 0.05) is 45.4 Å². The number of hydrogen-bond donors (Lipinski definition) is 1. The molecule has 2 N–H and O–H groups in total. The van der Waals surface area contributed by atoms with Gasteiger partial charge in [-0.3, -0.25) is 9.69 Å². The topological polar surface area (TPSA) is 58.8 Å². The highest BCUT2D eigenvalue weighted by Gasteiger charge is 2.27. The van der Waals surface area contributed by atoms with Crippen LogP contribution < -0.4 is 5.73 Å². The molecule has 2 aliphatic rings. The maximum atomic E-state index is 12.2. The molecule has 2 saturated heterocycles. The smallest absolute Gasteiger partial charge is 0.225 e. The van der Waals surface area contributed by atoms with E-state index in [4.69, 9.17) is 10.5 Å². The number of carbonyl (C=O) groups is 1. The SMILES string of the molecule is CCCC(CN)N1CCN(C(=O)CC2CCCO2)CC1. The van der Waals surface area contributed by atoms with Gasteiger partial charge in [0.15, 0.2) is 0 Å². The molecule has 2 aliphatic heterocycles. The molecule has 2 atom stereocenters. The first-order valence-electron chi connectivity index (χ1n) is 8.08. The summed E-state index contributed by atoms with van der Waals surface area (Å²) in [5.74, 6) is 0.260. The van der Waals surface area contributed by atoms with Crippen LogP contribution in [-0.2, 0) is 9.53 Å². The number of nitrogens with two attached hydrogens (primary N) is 1. The van der Waals surface area contributed by atoms with Gasteiger partial charge >= 0.3 is 0 Å². The molecule has 2 unspecified atom stereocenters. The predicted octanol–water partition coefficient (Wildman–Crippen LogP) is 0.827. The van der Waals surface area contributed by atoms with E-state index >= 15 is 0 Å². The number of carbonyl (C=O) groups excluding carboxylic acids is 1. The summed E-state index contributed by atoms with van der Waals surface area (Å²) >= 11 is 0. The van der Waals surface area contributed by atoms with Gasteiger partial charge in [-0.05, 0) is 19.3 Å². The fourth-order valence-corrected chi connectivity index (χ4v) is 3.25. The Balaban J connectivity index is 1.73. The van der Waals surface area contributed by atoms with Crippen LogP contribution >= 0.6 is 0 Å². The van der Waals surface area contributed by atoms with Crippen LogP contribution in [0.25, 0.3) is 0 Å². The van der Waals surface area contributed by atoms with Gasteiger partial charge in [-0.1, -0.05) is 13.3 Å². The standard InChI is InChI=1S/C15H29N3O2/c1-2-4-13(12-16)17-6-8-18(9-7-17)15(19)11-14-5-3-10-20-14/h13-14H,2-12,16H2,1H3. The minimum Gasteiger partial charge on any atom is -0.378 e. The lowest BCUT2D eigenvalue weighted by Crippen LogP contribution is -2.53. The van der Waals surface area contributed by atoms with Gasteiger partial charge in [0.2, 0.25) is 5.91 Å². The van der Waals surface area contributed by atoms with Crippen molar-refractivity contribution in [2.24, 2.45) is 5.73 Å². The minimum absolute atomic E-state index is 0.164. The Morgan fingerprint density at radius 1 is 1.35 bits per heavy atom. The quantitative estimate of drug-likeness (QED) is 0.784. The second kappa shape index (κ2) is 7.96. The number of nitrogens with zero attached hydrogens (tertiary/aromatic N) is 2. The normalized spacial score (nSPS) is 25.9. The molecule has 0 aromatic rings. The number of ether oxygens (including phenoxy) is 1. The second-order valence-corrected chi connectivity index (χ2v) is 5.93. The van der Waals surface area contributed by atoms with Gasteiger partial charge < -0.3 is 15.4 Å². The molecule has 116 valence electrons. The fraction of sp³-hybridized carbons (Fsp3) is 0.933. The molecule has 0 spiro atoms. The molecule has 0 aliphatic carbocycles. The molecule has 2 fully saturated rings. The molecular weight excluding hydrogens is 254 g/mol. The molecule has 2 rings (SSSR count). The van der Waals surface area contributed by atoms with Crippen LogP contribution in [0.4, 0.5) is 0 Å². The molecule has 2 heterocycles. The van der Waals surface area contributed by atoms with Gasteiger partial charge in [-0.25, -0.2) is 0 Å². The first-order chi connectivity index (χ1) is 9.74. The van der Waals surface area contributed by atoms with Crippen molar-refractivity contribution < 1.29 is 9.53 Å². The summed E-state index contributed by atoms with van der Waals surface area (Å²) in [6.07, 6.45) is 5.19. The van der Waals surface area contributed by atoms with E-state index in [9.17, 15) is 4.79 Å². The van der Waals surface area contributed by atoms with E-state index in [1.54, 1.807) is 0 Å². The van der Waals surface area contributed by atoms with Gasteiger partial charge in [0.1, 0.15) is 0 Å². The van der Waals surface area contributed by atoms with Crippen molar-refractivity contribution in [3.63, 3.8) is 0 Å². The maximum absolute atomic E-state index is 12.2. The Kier molecular flexibility index (Phi) is 6.26. The van der Waals surface area contributed by atoms with Crippen LogP contribution in [0.2, 0.25) is 0 Å². The Bertz CT molecular complexity index is 297. The number of piperazine rings is 1. The summed E-state index contributed by atoms with van der Waals surface area (Å²) in [4.78, 5) is 16.7. The zero-order chi connectivity index (χ0) is 14.4. The van der Waals surface area contributed by atoms with Crippen LogP contribution in [0, 0.1) is 0 Å². The average Bonchev–Trinajstić information content (AvgIpc) is 2.98. The van der Waals surface area contributed by atoms with Crippen molar-refractivity contribution in [3.05, 3.63) is 0 Å². The van der Waals surface area contributed by atoms with Crippen molar-refractivity contribution in [1.29, 1.82) is 0 Å². The lowest BCUT2D eigenvalue weighted by molar-refractivity contribution is -0.135. The van der Waals surface area contributed by atoms with E-state index in [-0.39, 0.29) is 12.0 Å². The van der Waals surface area contributed by atoms with Crippen molar-refractivity contribution in [2.75, 3.05) is 39.3 Å². The molecule has 5 heteroatoms. The van der Waals surface area contributed by atoms with Crippen molar-refractivity contribution in [3.8, 4) is 0 Å². The van der Waals surface area contributed by atoms with E-state index in [0.717, 1.165) is 58.6 Å². The Morgan fingerprint density at radius 2 is 2.10 bits per heavy atom. The van der Waals surface area contributed by atoms with E-state index in [2.05, 4.69) is 11.8 Å². The molecular formula is C15H29N3O2. The highest BCUT2D eigenvalue weighted by atomic mass is 16.5. The summed E-state index contributed by atoms with van der Waals surface area (Å²) in [7, 11) is 0. The van der Waals surface area contributed by atoms with Gasteiger partial charge in [-0.15, -0.1) is 0 Å². The molecule has 0 bridgehead atoms. The van der Waals surface area contributed by atoms with Crippen LogP contribution in [-0.4, -0.2) is 67.2 Å². The number of hydrogen-bond acceptors (Lipinski definition) is 4. The summed E-state index contributed by atoms with van der Waals surface area (Å²) in [5, 5.41) is 0. The lowest BCUT2D eigenvalue weighted by atomic mass is 10.1. The van der Waals surface area contributed by atoms with Crippen molar-refractivity contribution in [2.45, 2.75) is 51.2 Å². The van der Waals surface area contributed by atoms with Crippen LogP contribution in [0.5, 0.6) is 0 Å². The third-order valence-electron chi connectivity index (χ3n) is 4.50. The molecule has 5 nitrogen and oxygen atoms in total. The first kappa shape index (κ1) is 15.7. The Hall–Kier alpha value is -0.650. The fourth-order valence-electron chi connectivity index (χ4n) is 3.25. The Morgan fingerprint density at radius 3 is 2.65 bits per heavy atom. The lowest BCUT2D eigenvalue weighted by Gasteiger charge is -2.39. The molecule has 1 amide bonds. The zero-order valence-electron chi connectivity index (χ0n) is 12.7. The van der Waals surface area contributed by atoms with Crippen molar-refractivity contribution >= 4 is 5.91 Å². The summed E-state index contributed by atoms with van der Waals surface area (Å²) in [5.41, 5.74) is 5.85. The molecule has 0 radical (unpaired) electrons. The Labute approximate surface area is 122 Å². The maximum Gasteiger partial charge on any atom is 0.225 e. The minimum atomic E-state index is 0.164. The van der Waals surface area contributed by atoms with E-state index in [0.29, 0.717) is 12.5 Å². The summed E-state index contributed by atoms with van der Waals surface area (Å²) in [6, 6.07) is 0.482. The largest absolute Gasteiger partial charge is 0.378 e. The number of rotatable bonds is 6. The van der Waals surface area contributed by atoms with Gasteiger partial charge in [0.05, 0.1) is 12.5 Å². The van der Waals surface area contributed by atoms with Crippen LogP contribution in [0.3, 0.4) is 0 Å². The summed E-state index contributed by atoms with van der Waals surface area (Å²) in [6.45, 7) is 7.33. The molecule has 0 aromatic heterocycles. The zero-order valence-corrected chi connectivity index (χ0v) is 12.7. The van der Waals surface area contributed by atoms with Crippen LogP contribution in [0.15, 0.2) is 0 Å².